The number of hydrogen-bond acceptors (Lipinski definition) is 4. The maximum absolute atomic E-state index is 11.4. The van der Waals surface area contributed by atoms with Crippen LogP contribution in [-0.4, -0.2) is 22.7 Å². The third kappa shape index (κ3) is 2.15. The predicted molar refractivity (Wildman–Crippen MR) is 58.2 cm³/mol. The van der Waals surface area contributed by atoms with Crippen LogP contribution < -0.4 is 0 Å². The minimum atomic E-state index is -0.171. The number of hydrogen-bond donors (Lipinski definition) is 1. The lowest BCUT2D eigenvalue weighted by Crippen LogP contribution is -2.09. The van der Waals surface area contributed by atoms with Crippen LogP contribution in [0.5, 0.6) is 5.75 Å². The Kier molecular flexibility index (Phi) is 3.08. The number of fused-ring (bicyclic) bond motifs is 1. The van der Waals surface area contributed by atoms with E-state index in [1.54, 1.807) is 13.0 Å². The van der Waals surface area contributed by atoms with Gasteiger partial charge >= 0.3 is 5.97 Å². The summed E-state index contributed by atoms with van der Waals surface area (Å²) in [4.78, 5) is 15.6. The Balaban J connectivity index is 2.09. The topological polar surface area (TPSA) is 59.4 Å². The lowest BCUT2D eigenvalue weighted by molar-refractivity contribution is -0.143. The molecule has 0 fully saturated rings. The zero-order chi connectivity index (χ0) is 11.5. The minimum Gasteiger partial charge on any atom is -0.506 e. The fourth-order valence-corrected chi connectivity index (χ4v) is 2.16. The van der Waals surface area contributed by atoms with Gasteiger partial charge in [0.15, 0.2) is 0 Å². The van der Waals surface area contributed by atoms with Crippen molar-refractivity contribution in [1.29, 1.82) is 0 Å². The maximum Gasteiger partial charge on any atom is 0.306 e. The van der Waals surface area contributed by atoms with Crippen LogP contribution in [0, 0.1) is 0 Å². The van der Waals surface area contributed by atoms with Crippen molar-refractivity contribution in [1.82, 2.24) is 4.98 Å². The first-order valence-corrected chi connectivity index (χ1v) is 5.54. The second kappa shape index (κ2) is 4.51. The SMILES string of the molecule is CCOC(=O)C[C@@H]1CCc2cc(O)cnc21. The van der Waals surface area contributed by atoms with E-state index in [4.69, 9.17) is 4.74 Å². The highest BCUT2D eigenvalue weighted by molar-refractivity contribution is 5.70. The minimum absolute atomic E-state index is 0.148. The molecule has 0 unspecified atom stereocenters. The Morgan fingerprint density at radius 2 is 2.50 bits per heavy atom. The van der Waals surface area contributed by atoms with Crippen LogP contribution >= 0.6 is 0 Å². The number of pyridine rings is 1. The molecule has 1 aromatic rings. The molecular weight excluding hydrogens is 206 g/mol. The van der Waals surface area contributed by atoms with E-state index in [-0.39, 0.29) is 17.6 Å². The Morgan fingerprint density at radius 3 is 3.25 bits per heavy atom. The van der Waals surface area contributed by atoms with E-state index in [9.17, 15) is 9.90 Å². The fraction of sp³-hybridized carbons (Fsp3) is 0.500. The molecule has 1 aliphatic carbocycles. The van der Waals surface area contributed by atoms with Crippen LogP contribution in [0.1, 0.15) is 36.9 Å². The van der Waals surface area contributed by atoms with Crippen molar-refractivity contribution in [2.24, 2.45) is 0 Å². The normalized spacial score (nSPS) is 18.2. The second-order valence-corrected chi connectivity index (χ2v) is 3.98. The molecular formula is C12H15NO3. The highest BCUT2D eigenvalue weighted by Crippen LogP contribution is 2.35. The molecule has 4 nitrogen and oxygen atoms in total. The summed E-state index contributed by atoms with van der Waals surface area (Å²) in [5, 5.41) is 9.29. The maximum atomic E-state index is 11.4. The van der Waals surface area contributed by atoms with Crippen molar-refractivity contribution >= 4 is 5.97 Å². The smallest absolute Gasteiger partial charge is 0.306 e. The molecule has 16 heavy (non-hydrogen) atoms. The van der Waals surface area contributed by atoms with Gasteiger partial charge in [-0.25, -0.2) is 0 Å². The van der Waals surface area contributed by atoms with Gasteiger partial charge in [-0.15, -0.1) is 0 Å². The first kappa shape index (κ1) is 10.9. The summed E-state index contributed by atoms with van der Waals surface area (Å²) in [6.07, 6.45) is 3.60. The molecule has 4 heteroatoms. The lowest BCUT2D eigenvalue weighted by Gasteiger charge is -2.09. The van der Waals surface area contributed by atoms with Gasteiger partial charge in [-0.2, -0.15) is 0 Å². The molecule has 1 aliphatic rings. The van der Waals surface area contributed by atoms with Crippen LogP contribution in [0.15, 0.2) is 12.3 Å². The summed E-state index contributed by atoms with van der Waals surface area (Å²) >= 11 is 0. The Bertz CT molecular complexity index is 403. The monoisotopic (exact) mass is 221 g/mol. The van der Waals surface area contributed by atoms with Crippen LogP contribution in [0.25, 0.3) is 0 Å². The summed E-state index contributed by atoms with van der Waals surface area (Å²) in [6.45, 7) is 2.22. The molecule has 0 amide bonds. The Morgan fingerprint density at radius 1 is 1.69 bits per heavy atom. The number of aryl methyl sites for hydroxylation is 1. The molecule has 1 aromatic heterocycles. The molecule has 0 aromatic carbocycles. The van der Waals surface area contributed by atoms with Gasteiger partial charge in [0.05, 0.1) is 19.2 Å². The van der Waals surface area contributed by atoms with Crippen molar-refractivity contribution in [2.75, 3.05) is 6.61 Å². The predicted octanol–water partition coefficient (Wildman–Crippen LogP) is 1.77. The molecule has 0 saturated heterocycles. The number of ether oxygens (including phenoxy) is 1. The number of carbonyl (C=O) groups is 1. The number of esters is 1. The van der Waals surface area contributed by atoms with E-state index < -0.39 is 0 Å². The average molecular weight is 221 g/mol. The standard InChI is InChI=1S/C12H15NO3/c1-2-16-11(15)6-9-4-3-8-5-10(14)7-13-12(8)9/h5,7,9,14H,2-4,6H2,1H3/t9-/m0/s1. The van der Waals surface area contributed by atoms with Crippen molar-refractivity contribution < 1.29 is 14.6 Å². The number of rotatable bonds is 3. The van der Waals surface area contributed by atoms with Crippen LogP contribution in [0.2, 0.25) is 0 Å². The summed E-state index contributed by atoms with van der Waals surface area (Å²) in [7, 11) is 0. The van der Waals surface area contributed by atoms with E-state index in [2.05, 4.69) is 4.98 Å². The van der Waals surface area contributed by atoms with E-state index in [0.29, 0.717) is 13.0 Å². The van der Waals surface area contributed by atoms with E-state index >= 15 is 0 Å². The summed E-state index contributed by atoms with van der Waals surface area (Å²) in [6, 6.07) is 1.73. The zero-order valence-corrected chi connectivity index (χ0v) is 9.27. The van der Waals surface area contributed by atoms with Gasteiger partial charge in [-0.1, -0.05) is 0 Å². The van der Waals surface area contributed by atoms with Crippen molar-refractivity contribution in [3.63, 3.8) is 0 Å². The van der Waals surface area contributed by atoms with Gasteiger partial charge in [0.1, 0.15) is 5.75 Å². The first-order valence-electron chi connectivity index (χ1n) is 5.54. The molecule has 0 bridgehead atoms. The highest BCUT2D eigenvalue weighted by Gasteiger charge is 2.26. The van der Waals surface area contributed by atoms with E-state index in [1.165, 1.54) is 6.20 Å². The summed E-state index contributed by atoms with van der Waals surface area (Å²) in [5.41, 5.74) is 1.99. The number of nitrogens with zero attached hydrogens (tertiary/aromatic N) is 1. The van der Waals surface area contributed by atoms with Gasteiger partial charge in [0.2, 0.25) is 0 Å². The van der Waals surface area contributed by atoms with Gasteiger partial charge in [0.25, 0.3) is 0 Å². The third-order valence-corrected chi connectivity index (χ3v) is 2.85. The molecule has 86 valence electrons. The van der Waals surface area contributed by atoms with Gasteiger partial charge in [-0.05, 0) is 31.4 Å². The molecule has 1 N–H and O–H groups in total. The molecule has 0 aliphatic heterocycles. The first-order chi connectivity index (χ1) is 7.70. The summed E-state index contributed by atoms with van der Waals surface area (Å²) < 4.78 is 4.93. The molecule has 0 saturated carbocycles. The van der Waals surface area contributed by atoms with E-state index in [0.717, 1.165) is 24.1 Å². The number of carbonyl (C=O) groups excluding carboxylic acids is 1. The highest BCUT2D eigenvalue weighted by atomic mass is 16.5. The van der Waals surface area contributed by atoms with Gasteiger partial charge < -0.3 is 9.84 Å². The quantitative estimate of drug-likeness (QED) is 0.790. The summed E-state index contributed by atoms with van der Waals surface area (Å²) in [5.74, 6) is 0.167. The van der Waals surface area contributed by atoms with Crippen LogP contribution in [0.4, 0.5) is 0 Å². The largest absolute Gasteiger partial charge is 0.506 e. The molecule has 1 heterocycles. The molecule has 1 atom stereocenters. The number of aromatic nitrogens is 1. The third-order valence-electron chi connectivity index (χ3n) is 2.85. The van der Waals surface area contributed by atoms with Crippen molar-refractivity contribution in [2.45, 2.75) is 32.1 Å². The zero-order valence-electron chi connectivity index (χ0n) is 9.27. The van der Waals surface area contributed by atoms with Gasteiger partial charge in [0, 0.05) is 11.6 Å². The molecule has 0 radical (unpaired) electrons. The number of aromatic hydroxyl groups is 1. The van der Waals surface area contributed by atoms with Crippen LogP contribution in [0.3, 0.4) is 0 Å². The fourth-order valence-electron chi connectivity index (χ4n) is 2.16. The average Bonchev–Trinajstić information content (AvgIpc) is 2.61. The van der Waals surface area contributed by atoms with Crippen molar-refractivity contribution in [3.8, 4) is 5.75 Å². The Labute approximate surface area is 94.3 Å². The van der Waals surface area contributed by atoms with E-state index in [1.807, 2.05) is 0 Å². The molecule has 0 spiro atoms. The second-order valence-electron chi connectivity index (χ2n) is 3.98. The van der Waals surface area contributed by atoms with Crippen molar-refractivity contribution in [3.05, 3.63) is 23.5 Å². The lowest BCUT2D eigenvalue weighted by atomic mass is 10.0. The molecule has 2 rings (SSSR count). The van der Waals surface area contributed by atoms with Gasteiger partial charge in [-0.3, -0.25) is 9.78 Å². The Hall–Kier alpha value is -1.58. The van der Waals surface area contributed by atoms with Crippen LogP contribution in [-0.2, 0) is 16.0 Å².